The number of nitrogens with zero attached hydrogens (tertiary/aromatic N) is 1. The summed E-state index contributed by atoms with van der Waals surface area (Å²) < 4.78 is 0. The van der Waals surface area contributed by atoms with Crippen LogP contribution in [0.4, 0.5) is 11.4 Å². The minimum atomic E-state index is -0.117. The van der Waals surface area contributed by atoms with Crippen LogP contribution in [0.5, 0.6) is 0 Å². The maximum atomic E-state index is 11.1. The average Bonchev–Trinajstić information content (AvgIpc) is 2.12. The predicted octanol–water partition coefficient (Wildman–Crippen LogP) is 1.16. The largest absolute Gasteiger partial charge is 0.374 e. The van der Waals surface area contributed by atoms with Crippen molar-refractivity contribution in [1.29, 1.82) is 0 Å². The Hall–Kier alpha value is -0.970. The van der Waals surface area contributed by atoms with Crippen molar-refractivity contribution < 1.29 is 4.79 Å². The molecule has 2 rings (SSSR count). The van der Waals surface area contributed by atoms with Gasteiger partial charge in [-0.1, -0.05) is 12.1 Å². The summed E-state index contributed by atoms with van der Waals surface area (Å²) in [5, 5.41) is 4.14. The molecule has 0 aromatic heterocycles. The normalized spacial score (nSPS) is 13.2. The Kier molecular flexibility index (Phi) is 4.70. The molecule has 3 N–H and O–H groups in total. The number of nitrogens with two attached hydrogens (primary N) is 1. The first kappa shape index (κ1) is 13.0. The molecule has 1 aliphatic heterocycles. The number of para-hydroxylation sites is 2. The fraction of sp³-hybridized carbons (Fsp3) is 0.125. The van der Waals surface area contributed by atoms with Gasteiger partial charge in [0.1, 0.15) is 0 Å². The van der Waals surface area contributed by atoms with Gasteiger partial charge in [0.2, 0.25) is 0 Å². The van der Waals surface area contributed by atoms with Crippen molar-refractivity contribution in [3.05, 3.63) is 24.3 Å². The van der Waals surface area contributed by atoms with E-state index in [0.717, 1.165) is 11.4 Å². The molecule has 0 saturated carbocycles. The second-order valence-electron chi connectivity index (χ2n) is 2.63. The number of hydrazine groups is 1. The van der Waals surface area contributed by atoms with Gasteiger partial charge in [0.25, 0.3) is 5.91 Å². The summed E-state index contributed by atoms with van der Waals surface area (Å²) in [5.74, 6) is 5.42. The number of carbonyl (C=O) groups is 1. The molecule has 1 aliphatic rings. The second kappa shape index (κ2) is 5.05. The van der Waals surface area contributed by atoms with E-state index >= 15 is 0 Å². The molecule has 78 valence electrons. The molecule has 1 amide bonds. The lowest BCUT2D eigenvalue weighted by molar-refractivity contribution is -0.117. The highest BCUT2D eigenvalue weighted by atomic mass is 35.5. The second-order valence-corrected chi connectivity index (χ2v) is 2.63. The van der Waals surface area contributed by atoms with Gasteiger partial charge in [0, 0.05) is 0 Å². The number of nitrogens with one attached hydrogen (secondary N) is 1. The number of benzene rings is 1. The number of rotatable bonds is 0. The van der Waals surface area contributed by atoms with Crippen molar-refractivity contribution in [2.45, 2.75) is 0 Å². The predicted molar refractivity (Wildman–Crippen MR) is 61.1 cm³/mol. The number of hydrogen-bond acceptors (Lipinski definition) is 3. The molecule has 1 heterocycles. The van der Waals surface area contributed by atoms with Gasteiger partial charge < -0.3 is 5.32 Å². The van der Waals surface area contributed by atoms with Crippen LogP contribution in [0.25, 0.3) is 0 Å². The highest BCUT2D eigenvalue weighted by Gasteiger charge is 2.19. The van der Waals surface area contributed by atoms with Crippen molar-refractivity contribution in [2.75, 3.05) is 16.9 Å². The van der Waals surface area contributed by atoms with Crippen LogP contribution in [0.3, 0.4) is 0 Å². The van der Waals surface area contributed by atoms with E-state index < -0.39 is 0 Å². The molecule has 6 heteroatoms. The summed E-state index contributed by atoms with van der Waals surface area (Å²) in [4.78, 5) is 11.1. The summed E-state index contributed by atoms with van der Waals surface area (Å²) >= 11 is 0. The first-order valence-electron chi connectivity index (χ1n) is 3.69. The molecule has 14 heavy (non-hydrogen) atoms. The Morgan fingerprint density at radius 3 is 2.64 bits per heavy atom. The highest BCUT2D eigenvalue weighted by Crippen LogP contribution is 2.26. The topological polar surface area (TPSA) is 58.4 Å². The van der Waals surface area contributed by atoms with Crippen molar-refractivity contribution in [3.8, 4) is 0 Å². The highest BCUT2D eigenvalue weighted by molar-refractivity contribution is 6.01. The van der Waals surface area contributed by atoms with Crippen LogP contribution in [0.1, 0.15) is 0 Å². The van der Waals surface area contributed by atoms with Crippen LogP contribution < -0.4 is 16.2 Å². The number of hydrogen-bond donors (Lipinski definition) is 2. The first-order valence-corrected chi connectivity index (χ1v) is 3.69. The maximum Gasteiger partial charge on any atom is 0.260 e. The standard InChI is InChI=1S/C8H9N3O.2ClH/c9-11-7-4-2-1-3-6(7)10-5-8(11)12;;/h1-4,10H,5,9H2;2*1H. The minimum Gasteiger partial charge on any atom is -0.374 e. The molecule has 0 bridgehead atoms. The Balaban J connectivity index is 0.000000845. The van der Waals surface area contributed by atoms with E-state index in [0.29, 0.717) is 0 Å². The first-order chi connectivity index (χ1) is 5.79. The van der Waals surface area contributed by atoms with E-state index in [1.54, 1.807) is 6.07 Å². The molecule has 4 nitrogen and oxygen atoms in total. The summed E-state index contributed by atoms with van der Waals surface area (Å²) in [6.07, 6.45) is 0. The maximum absolute atomic E-state index is 11.1. The molecule has 0 unspecified atom stereocenters. The third-order valence-corrected chi connectivity index (χ3v) is 1.86. The van der Waals surface area contributed by atoms with Gasteiger partial charge in [0.15, 0.2) is 0 Å². The summed E-state index contributed by atoms with van der Waals surface area (Å²) in [6, 6.07) is 7.44. The Morgan fingerprint density at radius 2 is 1.93 bits per heavy atom. The van der Waals surface area contributed by atoms with Gasteiger partial charge in [-0.15, -0.1) is 24.8 Å². The fourth-order valence-corrected chi connectivity index (χ4v) is 1.22. The van der Waals surface area contributed by atoms with Gasteiger partial charge in [-0.25, -0.2) is 10.9 Å². The van der Waals surface area contributed by atoms with E-state index in [-0.39, 0.29) is 37.3 Å². The van der Waals surface area contributed by atoms with Crippen molar-refractivity contribution in [1.82, 2.24) is 0 Å². The Labute approximate surface area is 94.2 Å². The van der Waals surface area contributed by atoms with Crippen LogP contribution >= 0.6 is 24.8 Å². The van der Waals surface area contributed by atoms with E-state index in [1.165, 1.54) is 5.01 Å². The molecule has 0 atom stereocenters. The smallest absolute Gasteiger partial charge is 0.260 e. The van der Waals surface area contributed by atoms with Crippen molar-refractivity contribution >= 4 is 42.1 Å². The molecule has 0 spiro atoms. The Bertz CT molecular complexity index is 332. The van der Waals surface area contributed by atoms with Crippen LogP contribution in [-0.4, -0.2) is 12.5 Å². The number of anilines is 2. The van der Waals surface area contributed by atoms with Gasteiger partial charge >= 0.3 is 0 Å². The molecule has 0 radical (unpaired) electrons. The molecule has 1 aromatic rings. The van der Waals surface area contributed by atoms with Gasteiger partial charge in [-0.2, -0.15) is 0 Å². The SMILES string of the molecule is Cl.Cl.NN1C(=O)CNc2ccccc21. The van der Waals surface area contributed by atoms with Gasteiger partial charge in [-0.05, 0) is 12.1 Å². The van der Waals surface area contributed by atoms with E-state index in [9.17, 15) is 4.79 Å². The Morgan fingerprint density at radius 1 is 1.29 bits per heavy atom. The number of halogens is 2. The fourth-order valence-electron chi connectivity index (χ4n) is 1.22. The third-order valence-electron chi connectivity index (χ3n) is 1.86. The van der Waals surface area contributed by atoms with Crippen molar-refractivity contribution in [2.24, 2.45) is 5.84 Å². The zero-order chi connectivity index (χ0) is 8.55. The van der Waals surface area contributed by atoms with Crippen LogP contribution in [0, 0.1) is 0 Å². The van der Waals surface area contributed by atoms with Gasteiger partial charge in [0.05, 0.1) is 17.9 Å². The van der Waals surface area contributed by atoms with Gasteiger partial charge in [-0.3, -0.25) is 4.79 Å². The monoisotopic (exact) mass is 235 g/mol. The van der Waals surface area contributed by atoms with Crippen LogP contribution in [-0.2, 0) is 4.79 Å². The summed E-state index contributed by atoms with van der Waals surface area (Å²) in [5.41, 5.74) is 1.63. The summed E-state index contributed by atoms with van der Waals surface area (Å²) in [6.45, 7) is 0.271. The lowest BCUT2D eigenvalue weighted by Crippen LogP contribution is -2.44. The zero-order valence-corrected chi connectivity index (χ0v) is 8.90. The lowest BCUT2D eigenvalue weighted by atomic mass is 10.2. The van der Waals surface area contributed by atoms with E-state index in [4.69, 9.17) is 5.84 Å². The third kappa shape index (κ3) is 2.09. The molecule has 1 aromatic carbocycles. The zero-order valence-electron chi connectivity index (χ0n) is 7.27. The van der Waals surface area contributed by atoms with Crippen LogP contribution in [0.2, 0.25) is 0 Å². The number of amides is 1. The number of fused-ring (bicyclic) bond motifs is 1. The molecular weight excluding hydrogens is 225 g/mol. The van der Waals surface area contributed by atoms with E-state index in [1.807, 2.05) is 18.2 Å². The summed E-state index contributed by atoms with van der Waals surface area (Å²) in [7, 11) is 0. The van der Waals surface area contributed by atoms with Crippen molar-refractivity contribution in [3.63, 3.8) is 0 Å². The minimum absolute atomic E-state index is 0. The molecule has 0 aliphatic carbocycles. The lowest BCUT2D eigenvalue weighted by Gasteiger charge is -2.25. The quantitative estimate of drug-likeness (QED) is 0.525. The molecular formula is C8H11Cl2N3O. The van der Waals surface area contributed by atoms with E-state index in [2.05, 4.69) is 5.32 Å². The average molecular weight is 236 g/mol. The van der Waals surface area contributed by atoms with Crippen LogP contribution in [0.15, 0.2) is 24.3 Å². The molecule has 0 fully saturated rings. The molecule has 0 saturated heterocycles. The number of carbonyl (C=O) groups excluding carboxylic acids is 1.